The largest absolute Gasteiger partial charge is 0.467 e. The Morgan fingerprint density at radius 2 is 1.78 bits per heavy atom. The molecule has 7 heteroatoms. The lowest BCUT2D eigenvalue weighted by Gasteiger charge is -2.32. The monoisotopic (exact) mass is 432 g/mol. The third kappa shape index (κ3) is 4.56. The van der Waals surface area contributed by atoms with Gasteiger partial charge in [0.15, 0.2) is 6.04 Å². The first kappa shape index (κ1) is 21.7. The van der Waals surface area contributed by atoms with Crippen LogP contribution in [0.3, 0.4) is 0 Å². The van der Waals surface area contributed by atoms with Crippen molar-refractivity contribution in [2.75, 3.05) is 25.1 Å². The molecular formula is C25H28N4O3. The number of anilines is 1. The molecule has 3 aromatic rings. The number of esters is 1. The van der Waals surface area contributed by atoms with E-state index in [0.29, 0.717) is 37.4 Å². The van der Waals surface area contributed by atoms with Crippen LogP contribution in [0.15, 0.2) is 48.5 Å². The molecule has 1 aromatic heterocycles. The van der Waals surface area contributed by atoms with Gasteiger partial charge in [0, 0.05) is 24.4 Å². The van der Waals surface area contributed by atoms with E-state index in [2.05, 4.69) is 35.3 Å². The lowest BCUT2D eigenvalue weighted by Crippen LogP contribution is -2.43. The summed E-state index contributed by atoms with van der Waals surface area (Å²) in [5.74, 6) is -0.0745. The van der Waals surface area contributed by atoms with Gasteiger partial charge in [-0.05, 0) is 43.9 Å². The zero-order valence-corrected chi connectivity index (χ0v) is 18.7. The van der Waals surface area contributed by atoms with E-state index in [1.165, 1.54) is 7.11 Å². The van der Waals surface area contributed by atoms with Crippen LogP contribution in [0.25, 0.3) is 10.9 Å². The molecule has 1 fully saturated rings. The minimum absolute atomic E-state index is 0.130. The van der Waals surface area contributed by atoms with Gasteiger partial charge in [-0.25, -0.2) is 14.8 Å². The first-order valence-electron chi connectivity index (χ1n) is 10.9. The number of hydrogen-bond acceptors (Lipinski definition) is 6. The maximum Gasteiger partial charge on any atom is 0.333 e. The van der Waals surface area contributed by atoms with Crippen molar-refractivity contribution in [2.45, 2.75) is 32.7 Å². The average Bonchev–Trinajstić information content (AvgIpc) is 2.82. The topological polar surface area (TPSA) is 84.4 Å². The zero-order chi connectivity index (χ0) is 22.7. The minimum Gasteiger partial charge on any atom is -0.467 e. The number of aromatic nitrogens is 2. The SMILES string of the molecule is COC(=O)[C@@H](NC(=O)C1CCN(c2nc(C)c3ccc(C)cc3n2)CC1)c1ccccc1. The Balaban J connectivity index is 1.43. The number of benzene rings is 2. The van der Waals surface area contributed by atoms with Gasteiger partial charge < -0.3 is 15.0 Å². The van der Waals surface area contributed by atoms with Crippen molar-refractivity contribution in [1.29, 1.82) is 0 Å². The van der Waals surface area contributed by atoms with Gasteiger partial charge in [0.25, 0.3) is 0 Å². The van der Waals surface area contributed by atoms with Gasteiger partial charge in [-0.3, -0.25) is 4.79 Å². The molecule has 4 rings (SSSR count). The van der Waals surface area contributed by atoms with Crippen molar-refractivity contribution >= 4 is 28.7 Å². The van der Waals surface area contributed by atoms with Crippen molar-refractivity contribution in [3.05, 3.63) is 65.4 Å². The van der Waals surface area contributed by atoms with E-state index in [0.717, 1.165) is 22.2 Å². The number of piperidine rings is 1. The molecule has 0 bridgehead atoms. The Labute approximate surface area is 187 Å². The summed E-state index contributed by atoms with van der Waals surface area (Å²) in [6.07, 6.45) is 1.34. The molecule has 2 heterocycles. The molecule has 0 unspecified atom stereocenters. The summed E-state index contributed by atoms with van der Waals surface area (Å²) in [5, 5.41) is 3.94. The van der Waals surface area contributed by atoms with Crippen LogP contribution in [-0.2, 0) is 14.3 Å². The Hall–Kier alpha value is -3.48. The fourth-order valence-corrected chi connectivity index (χ4v) is 4.17. The molecule has 1 atom stereocenters. The Bertz CT molecular complexity index is 1120. The maximum absolute atomic E-state index is 12.9. The van der Waals surface area contributed by atoms with E-state index >= 15 is 0 Å². The van der Waals surface area contributed by atoms with Gasteiger partial charge >= 0.3 is 5.97 Å². The summed E-state index contributed by atoms with van der Waals surface area (Å²) < 4.78 is 4.91. The summed E-state index contributed by atoms with van der Waals surface area (Å²) in [6.45, 7) is 5.42. The highest BCUT2D eigenvalue weighted by molar-refractivity contribution is 5.87. The molecule has 2 aromatic carbocycles. The lowest BCUT2D eigenvalue weighted by atomic mass is 9.95. The number of fused-ring (bicyclic) bond motifs is 1. The summed E-state index contributed by atoms with van der Waals surface area (Å²) >= 11 is 0. The van der Waals surface area contributed by atoms with Gasteiger partial charge in [-0.15, -0.1) is 0 Å². The second-order valence-corrected chi connectivity index (χ2v) is 8.27. The normalized spacial score (nSPS) is 15.4. The van der Waals surface area contributed by atoms with Gasteiger partial charge in [-0.2, -0.15) is 0 Å². The number of nitrogens with zero attached hydrogens (tertiary/aromatic N) is 3. The van der Waals surface area contributed by atoms with Crippen LogP contribution >= 0.6 is 0 Å². The predicted octanol–water partition coefficient (Wildman–Crippen LogP) is 3.49. The second kappa shape index (κ2) is 9.34. The highest BCUT2D eigenvalue weighted by Gasteiger charge is 2.30. The highest BCUT2D eigenvalue weighted by atomic mass is 16.5. The number of aryl methyl sites for hydroxylation is 2. The van der Waals surface area contributed by atoms with Crippen LogP contribution in [0.1, 0.15) is 35.7 Å². The summed E-state index contributed by atoms with van der Waals surface area (Å²) in [6, 6.07) is 14.6. The summed E-state index contributed by atoms with van der Waals surface area (Å²) in [7, 11) is 1.33. The van der Waals surface area contributed by atoms with Crippen LogP contribution in [-0.4, -0.2) is 42.0 Å². The van der Waals surface area contributed by atoms with Crippen LogP contribution in [0.5, 0.6) is 0 Å². The Morgan fingerprint density at radius 1 is 1.06 bits per heavy atom. The molecule has 1 N–H and O–H groups in total. The molecule has 1 aliphatic heterocycles. The van der Waals surface area contributed by atoms with Crippen molar-refractivity contribution in [2.24, 2.45) is 5.92 Å². The van der Waals surface area contributed by atoms with Crippen LogP contribution in [0.4, 0.5) is 5.95 Å². The van der Waals surface area contributed by atoms with Crippen LogP contribution in [0, 0.1) is 19.8 Å². The first-order chi connectivity index (χ1) is 15.5. The van der Waals surface area contributed by atoms with E-state index in [9.17, 15) is 9.59 Å². The smallest absolute Gasteiger partial charge is 0.333 e. The number of hydrogen-bond donors (Lipinski definition) is 1. The molecule has 0 aliphatic carbocycles. The molecule has 32 heavy (non-hydrogen) atoms. The van der Waals surface area contributed by atoms with E-state index in [4.69, 9.17) is 14.7 Å². The molecule has 0 spiro atoms. The number of carbonyl (C=O) groups is 2. The van der Waals surface area contributed by atoms with Crippen molar-refractivity contribution in [3.8, 4) is 0 Å². The Morgan fingerprint density at radius 3 is 2.47 bits per heavy atom. The standard InChI is InChI=1S/C25H28N4O3/c1-16-9-10-20-17(2)26-25(27-21(20)15-16)29-13-11-19(12-14-29)23(30)28-22(24(31)32-3)18-7-5-4-6-8-18/h4-10,15,19,22H,11-14H2,1-3H3,(H,28,30)/t22-/m0/s1. The molecule has 1 saturated heterocycles. The Kier molecular flexibility index (Phi) is 6.35. The number of nitrogens with one attached hydrogen (secondary N) is 1. The molecule has 0 saturated carbocycles. The van der Waals surface area contributed by atoms with Gasteiger partial charge in [0.2, 0.25) is 11.9 Å². The molecule has 0 radical (unpaired) electrons. The number of methoxy groups -OCH3 is 1. The molecule has 1 amide bonds. The number of ether oxygens (including phenoxy) is 1. The lowest BCUT2D eigenvalue weighted by molar-refractivity contribution is -0.146. The van der Waals surface area contributed by atoms with Crippen molar-refractivity contribution in [3.63, 3.8) is 0 Å². The number of rotatable bonds is 5. The van der Waals surface area contributed by atoms with E-state index in [1.54, 1.807) is 0 Å². The minimum atomic E-state index is -0.804. The highest BCUT2D eigenvalue weighted by Crippen LogP contribution is 2.25. The third-order valence-electron chi connectivity index (χ3n) is 6.04. The van der Waals surface area contributed by atoms with Crippen molar-refractivity contribution in [1.82, 2.24) is 15.3 Å². The zero-order valence-electron chi connectivity index (χ0n) is 18.7. The van der Waals surface area contributed by atoms with Gasteiger partial charge in [0.1, 0.15) is 0 Å². The third-order valence-corrected chi connectivity index (χ3v) is 6.04. The summed E-state index contributed by atoms with van der Waals surface area (Å²) in [4.78, 5) is 36.8. The van der Waals surface area contributed by atoms with Gasteiger partial charge in [0.05, 0.1) is 18.3 Å². The molecular weight excluding hydrogens is 404 g/mol. The van der Waals surface area contributed by atoms with Gasteiger partial charge in [-0.1, -0.05) is 42.5 Å². The van der Waals surface area contributed by atoms with Crippen molar-refractivity contribution < 1.29 is 14.3 Å². The first-order valence-corrected chi connectivity index (χ1v) is 10.9. The van der Waals surface area contributed by atoms with Crippen LogP contribution in [0.2, 0.25) is 0 Å². The fraction of sp³-hybridized carbons (Fsp3) is 0.360. The molecule has 7 nitrogen and oxygen atoms in total. The number of amides is 1. The maximum atomic E-state index is 12.9. The second-order valence-electron chi connectivity index (χ2n) is 8.27. The van der Waals surface area contributed by atoms with E-state index < -0.39 is 12.0 Å². The summed E-state index contributed by atoms with van der Waals surface area (Å²) in [5.41, 5.74) is 3.76. The molecule has 166 valence electrons. The number of carbonyl (C=O) groups excluding carboxylic acids is 2. The van der Waals surface area contributed by atoms with E-state index in [1.807, 2.05) is 37.3 Å². The fourth-order valence-electron chi connectivity index (χ4n) is 4.17. The average molecular weight is 433 g/mol. The van der Waals surface area contributed by atoms with E-state index in [-0.39, 0.29) is 11.8 Å². The molecule has 1 aliphatic rings. The predicted molar refractivity (Wildman–Crippen MR) is 123 cm³/mol. The quantitative estimate of drug-likeness (QED) is 0.622. The van der Waals surface area contributed by atoms with Crippen LogP contribution < -0.4 is 10.2 Å².